The van der Waals surface area contributed by atoms with Crippen molar-refractivity contribution in [3.8, 4) is 0 Å². The van der Waals surface area contributed by atoms with Crippen LogP contribution in [0.3, 0.4) is 0 Å². The number of hydrogen-bond acceptors (Lipinski definition) is 3. The Morgan fingerprint density at radius 2 is 1.83 bits per heavy atom. The van der Waals surface area contributed by atoms with Gasteiger partial charge in [-0.25, -0.2) is 0 Å². The summed E-state index contributed by atoms with van der Waals surface area (Å²) in [5.41, 5.74) is 0. The Kier molecular flexibility index (Phi) is 5.01. The zero-order valence-electron chi connectivity index (χ0n) is 11.8. The molecule has 0 aromatic rings. The third-order valence-electron chi connectivity index (χ3n) is 4.47. The quantitative estimate of drug-likeness (QED) is 0.787. The van der Waals surface area contributed by atoms with Crippen LogP contribution in [0.25, 0.3) is 0 Å². The van der Waals surface area contributed by atoms with Crippen molar-refractivity contribution >= 4 is 5.91 Å². The minimum Gasteiger partial charge on any atom is -0.342 e. The lowest BCUT2D eigenvalue weighted by Crippen LogP contribution is -2.53. The van der Waals surface area contributed by atoms with Crippen LogP contribution in [0.5, 0.6) is 0 Å². The highest BCUT2D eigenvalue weighted by atomic mass is 16.2. The molecule has 0 spiro atoms. The molecule has 0 aromatic carbocycles. The molecule has 0 aromatic heterocycles. The second-order valence-electron chi connectivity index (χ2n) is 5.61. The van der Waals surface area contributed by atoms with E-state index in [1.807, 2.05) is 0 Å². The number of hydrogen-bond donors (Lipinski definition) is 1. The van der Waals surface area contributed by atoms with Crippen LogP contribution in [0.15, 0.2) is 0 Å². The van der Waals surface area contributed by atoms with Gasteiger partial charge in [0, 0.05) is 32.7 Å². The van der Waals surface area contributed by atoms with E-state index in [-0.39, 0.29) is 5.92 Å². The third-order valence-corrected chi connectivity index (χ3v) is 4.47. The molecule has 2 saturated heterocycles. The second-order valence-corrected chi connectivity index (χ2v) is 5.61. The van der Waals surface area contributed by atoms with Gasteiger partial charge >= 0.3 is 0 Å². The van der Waals surface area contributed by atoms with E-state index >= 15 is 0 Å². The minimum atomic E-state index is 0.268. The van der Waals surface area contributed by atoms with E-state index < -0.39 is 0 Å². The predicted octanol–water partition coefficient (Wildman–Crippen LogP) is 0.786. The highest BCUT2D eigenvalue weighted by Crippen LogP contribution is 2.20. The van der Waals surface area contributed by atoms with Crippen molar-refractivity contribution in [3.05, 3.63) is 0 Å². The molecule has 2 fully saturated rings. The number of nitrogens with zero attached hydrogens (tertiary/aromatic N) is 2. The summed E-state index contributed by atoms with van der Waals surface area (Å²) in [7, 11) is 0. The van der Waals surface area contributed by atoms with Gasteiger partial charge in [-0.15, -0.1) is 0 Å². The van der Waals surface area contributed by atoms with Gasteiger partial charge in [0.05, 0.1) is 5.92 Å². The summed E-state index contributed by atoms with van der Waals surface area (Å²) >= 11 is 0. The summed E-state index contributed by atoms with van der Waals surface area (Å²) in [6.07, 6.45) is 2.37. The van der Waals surface area contributed by atoms with Crippen molar-refractivity contribution in [2.45, 2.75) is 26.7 Å². The van der Waals surface area contributed by atoms with E-state index in [2.05, 4.69) is 29.0 Å². The number of piperidine rings is 1. The maximum atomic E-state index is 12.1. The van der Waals surface area contributed by atoms with E-state index in [0.717, 1.165) is 45.2 Å². The number of nitrogens with one attached hydrogen (secondary N) is 1. The van der Waals surface area contributed by atoms with Gasteiger partial charge < -0.3 is 15.1 Å². The summed E-state index contributed by atoms with van der Waals surface area (Å²) < 4.78 is 0. The fourth-order valence-corrected chi connectivity index (χ4v) is 2.90. The number of carbonyl (C=O) groups excluding carboxylic acids is 1. The SMILES string of the molecule is CCN(CC)CC1CCN(C(=O)C2CNC2)CC1. The number of carbonyl (C=O) groups is 1. The molecule has 0 aliphatic carbocycles. The van der Waals surface area contributed by atoms with Crippen LogP contribution in [0.1, 0.15) is 26.7 Å². The third kappa shape index (κ3) is 3.23. The fraction of sp³-hybridized carbons (Fsp3) is 0.929. The lowest BCUT2D eigenvalue weighted by Gasteiger charge is -2.38. The van der Waals surface area contributed by atoms with Crippen molar-refractivity contribution in [1.82, 2.24) is 15.1 Å². The number of likely N-dealkylation sites (tertiary alicyclic amines) is 1. The van der Waals surface area contributed by atoms with Crippen LogP contribution in [-0.2, 0) is 4.79 Å². The minimum absolute atomic E-state index is 0.268. The van der Waals surface area contributed by atoms with Gasteiger partial charge in [0.25, 0.3) is 0 Å². The zero-order chi connectivity index (χ0) is 13.0. The van der Waals surface area contributed by atoms with Crippen LogP contribution in [-0.4, -0.2) is 61.5 Å². The molecule has 0 unspecified atom stereocenters. The lowest BCUT2D eigenvalue weighted by atomic mass is 9.94. The molecule has 2 heterocycles. The van der Waals surface area contributed by atoms with Crippen molar-refractivity contribution in [1.29, 1.82) is 0 Å². The fourth-order valence-electron chi connectivity index (χ4n) is 2.90. The average Bonchev–Trinajstić information content (AvgIpc) is 2.34. The van der Waals surface area contributed by atoms with Crippen LogP contribution >= 0.6 is 0 Å². The molecule has 0 bridgehead atoms. The Labute approximate surface area is 111 Å². The van der Waals surface area contributed by atoms with E-state index in [0.29, 0.717) is 5.91 Å². The Morgan fingerprint density at radius 1 is 1.22 bits per heavy atom. The first-order valence-corrected chi connectivity index (χ1v) is 7.46. The van der Waals surface area contributed by atoms with Crippen molar-refractivity contribution in [3.63, 3.8) is 0 Å². The van der Waals surface area contributed by atoms with Gasteiger partial charge in [-0.2, -0.15) is 0 Å². The molecule has 18 heavy (non-hydrogen) atoms. The van der Waals surface area contributed by atoms with Crippen LogP contribution < -0.4 is 5.32 Å². The summed E-state index contributed by atoms with van der Waals surface area (Å²) in [6, 6.07) is 0. The van der Waals surface area contributed by atoms with E-state index in [4.69, 9.17) is 0 Å². The molecule has 104 valence electrons. The van der Waals surface area contributed by atoms with E-state index in [9.17, 15) is 4.79 Å². The highest BCUT2D eigenvalue weighted by Gasteiger charge is 2.31. The monoisotopic (exact) mass is 253 g/mol. The first-order valence-electron chi connectivity index (χ1n) is 7.46. The second kappa shape index (κ2) is 6.53. The summed E-state index contributed by atoms with van der Waals surface area (Å²) in [5, 5.41) is 3.18. The van der Waals surface area contributed by atoms with Crippen LogP contribution in [0.2, 0.25) is 0 Å². The van der Waals surface area contributed by atoms with Gasteiger partial charge in [-0.05, 0) is 31.8 Å². The van der Waals surface area contributed by atoms with E-state index in [1.165, 1.54) is 19.4 Å². The van der Waals surface area contributed by atoms with Crippen LogP contribution in [0.4, 0.5) is 0 Å². The topological polar surface area (TPSA) is 35.6 Å². The lowest BCUT2D eigenvalue weighted by molar-refractivity contribution is -0.138. The zero-order valence-corrected chi connectivity index (χ0v) is 11.8. The van der Waals surface area contributed by atoms with Gasteiger partial charge in [0.2, 0.25) is 5.91 Å². The van der Waals surface area contributed by atoms with Gasteiger partial charge in [0.1, 0.15) is 0 Å². The number of rotatable bonds is 5. The molecule has 1 amide bonds. The first kappa shape index (κ1) is 13.8. The Balaban J connectivity index is 1.72. The normalized spacial score (nSPS) is 22.3. The summed E-state index contributed by atoms with van der Waals surface area (Å²) in [6.45, 7) is 11.7. The molecule has 2 rings (SSSR count). The number of amides is 1. The summed E-state index contributed by atoms with van der Waals surface area (Å²) in [5.74, 6) is 1.44. The smallest absolute Gasteiger partial charge is 0.228 e. The molecule has 4 nitrogen and oxygen atoms in total. The molecule has 2 aliphatic rings. The maximum absolute atomic E-state index is 12.1. The molecular formula is C14H27N3O. The molecule has 0 saturated carbocycles. The van der Waals surface area contributed by atoms with E-state index in [1.54, 1.807) is 0 Å². The maximum Gasteiger partial charge on any atom is 0.228 e. The molecule has 0 atom stereocenters. The average molecular weight is 253 g/mol. The molecule has 1 N–H and O–H groups in total. The van der Waals surface area contributed by atoms with Crippen molar-refractivity contribution in [2.75, 3.05) is 45.8 Å². The molecule has 0 radical (unpaired) electrons. The van der Waals surface area contributed by atoms with Crippen LogP contribution in [0, 0.1) is 11.8 Å². The standard InChI is InChI=1S/C14H27N3O/c1-3-16(4-2)11-12-5-7-17(8-6-12)14(18)13-9-15-10-13/h12-13,15H,3-11H2,1-2H3. The van der Waals surface area contributed by atoms with Gasteiger partial charge in [-0.3, -0.25) is 4.79 Å². The Morgan fingerprint density at radius 3 is 2.28 bits per heavy atom. The van der Waals surface area contributed by atoms with Crippen molar-refractivity contribution < 1.29 is 4.79 Å². The van der Waals surface area contributed by atoms with Gasteiger partial charge in [-0.1, -0.05) is 13.8 Å². The highest BCUT2D eigenvalue weighted by molar-refractivity contribution is 5.80. The molecule has 4 heteroatoms. The van der Waals surface area contributed by atoms with Crippen molar-refractivity contribution in [2.24, 2.45) is 11.8 Å². The summed E-state index contributed by atoms with van der Waals surface area (Å²) in [4.78, 5) is 16.7. The Hall–Kier alpha value is -0.610. The Bertz CT molecular complexity index is 266. The first-order chi connectivity index (χ1) is 8.74. The van der Waals surface area contributed by atoms with Gasteiger partial charge in [0.15, 0.2) is 0 Å². The molecule has 2 aliphatic heterocycles. The predicted molar refractivity (Wildman–Crippen MR) is 73.5 cm³/mol. The molecular weight excluding hydrogens is 226 g/mol. The largest absolute Gasteiger partial charge is 0.342 e.